The smallest absolute Gasteiger partial charge is 0.0431 e. The first-order valence-electron chi connectivity index (χ1n) is 5.85. The Balaban J connectivity index is 3.53. The summed E-state index contributed by atoms with van der Waals surface area (Å²) in [6.45, 7) is 7.23. The van der Waals surface area contributed by atoms with Crippen molar-refractivity contribution in [1.29, 1.82) is 0 Å². The Hall–Kier alpha value is -0.0400. The molecular formula is C12H26O. The van der Waals surface area contributed by atoms with Crippen molar-refractivity contribution in [2.45, 2.75) is 59.3 Å². The second kappa shape index (κ2) is 8.55. The van der Waals surface area contributed by atoms with Crippen molar-refractivity contribution in [2.24, 2.45) is 11.8 Å². The van der Waals surface area contributed by atoms with E-state index in [1.165, 1.54) is 32.1 Å². The van der Waals surface area contributed by atoms with E-state index in [0.29, 0.717) is 6.61 Å². The van der Waals surface area contributed by atoms with E-state index in [-0.39, 0.29) is 0 Å². The minimum absolute atomic E-state index is 0.356. The van der Waals surface area contributed by atoms with Crippen molar-refractivity contribution >= 4 is 0 Å². The van der Waals surface area contributed by atoms with Gasteiger partial charge in [0.2, 0.25) is 0 Å². The second-order valence-electron chi connectivity index (χ2n) is 4.27. The molecule has 0 bridgehead atoms. The van der Waals surface area contributed by atoms with Crippen LogP contribution in [-0.2, 0) is 0 Å². The Labute approximate surface area is 83.5 Å². The molecule has 0 fully saturated rings. The topological polar surface area (TPSA) is 20.2 Å². The number of rotatable bonds is 8. The highest BCUT2D eigenvalue weighted by atomic mass is 16.2. The monoisotopic (exact) mass is 186 g/mol. The minimum atomic E-state index is 0.356. The molecule has 0 aliphatic carbocycles. The highest BCUT2D eigenvalue weighted by Crippen LogP contribution is 2.22. The van der Waals surface area contributed by atoms with Gasteiger partial charge in [-0.2, -0.15) is 0 Å². The van der Waals surface area contributed by atoms with Crippen molar-refractivity contribution in [3.63, 3.8) is 0 Å². The van der Waals surface area contributed by atoms with Gasteiger partial charge in [0.15, 0.2) is 0 Å². The molecule has 1 N–H and O–H groups in total. The number of hydrogen-bond donors (Lipinski definition) is 1. The summed E-state index contributed by atoms with van der Waals surface area (Å²) in [5, 5.41) is 8.71. The predicted molar refractivity (Wildman–Crippen MR) is 58.8 cm³/mol. The standard InChI is InChI=1S/C12H26O/c1-4-7-12(5-2)10-11(3)8-6-9-13/h11-13H,4-10H2,1-3H3. The Morgan fingerprint density at radius 3 is 2.31 bits per heavy atom. The molecule has 1 nitrogen and oxygen atoms in total. The predicted octanol–water partition coefficient (Wildman–Crippen LogP) is 3.61. The molecule has 0 heterocycles. The molecule has 0 saturated carbocycles. The first-order valence-corrected chi connectivity index (χ1v) is 5.85. The van der Waals surface area contributed by atoms with Crippen LogP contribution in [0.4, 0.5) is 0 Å². The molecule has 2 atom stereocenters. The van der Waals surface area contributed by atoms with Crippen LogP contribution in [0.15, 0.2) is 0 Å². The molecule has 1 heteroatoms. The summed E-state index contributed by atoms with van der Waals surface area (Å²) >= 11 is 0. The molecule has 0 saturated heterocycles. The van der Waals surface area contributed by atoms with Crippen LogP contribution in [0.3, 0.4) is 0 Å². The maximum Gasteiger partial charge on any atom is 0.0431 e. The van der Waals surface area contributed by atoms with Crippen LogP contribution in [0.2, 0.25) is 0 Å². The van der Waals surface area contributed by atoms with E-state index >= 15 is 0 Å². The molecule has 0 aromatic heterocycles. The zero-order valence-corrected chi connectivity index (χ0v) is 9.55. The molecule has 2 unspecified atom stereocenters. The summed E-state index contributed by atoms with van der Waals surface area (Å²) in [7, 11) is 0. The van der Waals surface area contributed by atoms with Crippen LogP contribution in [-0.4, -0.2) is 11.7 Å². The van der Waals surface area contributed by atoms with E-state index in [9.17, 15) is 0 Å². The van der Waals surface area contributed by atoms with Gasteiger partial charge in [0.1, 0.15) is 0 Å². The van der Waals surface area contributed by atoms with Gasteiger partial charge in [0, 0.05) is 6.61 Å². The first kappa shape index (κ1) is 13.0. The number of aliphatic hydroxyl groups excluding tert-OH is 1. The van der Waals surface area contributed by atoms with Gasteiger partial charge in [-0.1, -0.05) is 40.0 Å². The van der Waals surface area contributed by atoms with Crippen LogP contribution in [0.5, 0.6) is 0 Å². The summed E-state index contributed by atoms with van der Waals surface area (Å²) in [5.41, 5.74) is 0. The Morgan fingerprint density at radius 1 is 1.15 bits per heavy atom. The van der Waals surface area contributed by atoms with Crippen LogP contribution < -0.4 is 0 Å². The van der Waals surface area contributed by atoms with E-state index < -0.39 is 0 Å². The van der Waals surface area contributed by atoms with Gasteiger partial charge in [0.25, 0.3) is 0 Å². The molecule has 0 aliphatic heterocycles. The van der Waals surface area contributed by atoms with E-state index in [2.05, 4.69) is 20.8 Å². The van der Waals surface area contributed by atoms with Gasteiger partial charge < -0.3 is 5.11 Å². The lowest BCUT2D eigenvalue weighted by Gasteiger charge is -2.18. The van der Waals surface area contributed by atoms with Gasteiger partial charge in [-0.25, -0.2) is 0 Å². The van der Waals surface area contributed by atoms with Crippen LogP contribution in [0.1, 0.15) is 59.3 Å². The van der Waals surface area contributed by atoms with E-state index in [0.717, 1.165) is 18.3 Å². The lowest BCUT2D eigenvalue weighted by Crippen LogP contribution is -2.06. The Kier molecular flexibility index (Phi) is 8.53. The summed E-state index contributed by atoms with van der Waals surface area (Å²) in [4.78, 5) is 0. The summed E-state index contributed by atoms with van der Waals surface area (Å²) < 4.78 is 0. The SMILES string of the molecule is CCCC(CC)CC(C)CCCO. The van der Waals surface area contributed by atoms with E-state index in [4.69, 9.17) is 5.11 Å². The maximum absolute atomic E-state index is 8.71. The molecule has 0 rings (SSSR count). The zero-order chi connectivity index (χ0) is 10.1. The van der Waals surface area contributed by atoms with E-state index in [1.54, 1.807) is 0 Å². The molecular weight excluding hydrogens is 160 g/mol. The van der Waals surface area contributed by atoms with Gasteiger partial charge in [0.05, 0.1) is 0 Å². The Morgan fingerprint density at radius 2 is 1.85 bits per heavy atom. The van der Waals surface area contributed by atoms with Crippen LogP contribution >= 0.6 is 0 Å². The van der Waals surface area contributed by atoms with Gasteiger partial charge in [-0.3, -0.25) is 0 Å². The molecule has 0 aliphatic rings. The average molecular weight is 186 g/mol. The average Bonchev–Trinajstić information content (AvgIpc) is 2.14. The molecule has 0 aromatic rings. The van der Waals surface area contributed by atoms with Crippen LogP contribution in [0, 0.1) is 11.8 Å². The van der Waals surface area contributed by atoms with Crippen molar-refractivity contribution in [3.8, 4) is 0 Å². The Bertz CT molecular complexity index is 101. The van der Waals surface area contributed by atoms with Crippen molar-refractivity contribution < 1.29 is 5.11 Å². The quantitative estimate of drug-likeness (QED) is 0.614. The fourth-order valence-electron chi connectivity index (χ4n) is 2.02. The zero-order valence-electron chi connectivity index (χ0n) is 9.55. The van der Waals surface area contributed by atoms with Gasteiger partial charge in [-0.05, 0) is 31.1 Å². The van der Waals surface area contributed by atoms with Crippen molar-refractivity contribution in [3.05, 3.63) is 0 Å². The molecule has 0 spiro atoms. The van der Waals surface area contributed by atoms with Gasteiger partial charge in [-0.15, -0.1) is 0 Å². The summed E-state index contributed by atoms with van der Waals surface area (Å²) in [5.74, 6) is 1.71. The highest BCUT2D eigenvalue weighted by molar-refractivity contribution is 4.62. The molecule has 13 heavy (non-hydrogen) atoms. The molecule has 0 amide bonds. The van der Waals surface area contributed by atoms with Crippen molar-refractivity contribution in [2.75, 3.05) is 6.61 Å². The van der Waals surface area contributed by atoms with Crippen molar-refractivity contribution in [1.82, 2.24) is 0 Å². The fourth-order valence-corrected chi connectivity index (χ4v) is 2.02. The fraction of sp³-hybridized carbons (Fsp3) is 1.00. The lowest BCUT2D eigenvalue weighted by molar-refractivity contribution is 0.261. The third kappa shape index (κ3) is 7.06. The molecule has 0 aromatic carbocycles. The summed E-state index contributed by atoms with van der Waals surface area (Å²) in [6, 6.07) is 0. The first-order chi connectivity index (χ1) is 6.24. The normalized spacial score (nSPS) is 15.7. The minimum Gasteiger partial charge on any atom is -0.396 e. The molecule has 80 valence electrons. The molecule has 0 radical (unpaired) electrons. The van der Waals surface area contributed by atoms with Crippen LogP contribution in [0.25, 0.3) is 0 Å². The number of aliphatic hydroxyl groups is 1. The third-order valence-corrected chi connectivity index (χ3v) is 2.87. The third-order valence-electron chi connectivity index (χ3n) is 2.87. The maximum atomic E-state index is 8.71. The highest BCUT2D eigenvalue weighted by Gasteiger charge is 2.10. The second-order valence-corrected chi connectivity index (χ2v) is 4.27. The lowest BCUT2D eigenvalue weighted by atomic mass is 9.88. The van der Waals surface area contributed by atoms with E-state index in [1.807, 2.05) is 0 Å². The largest absolute Gasteiger partial charge is 0.396 e. The number of hydrogen-bond acceptors (Lipinski definition) is 1. The van der Waals surface area contributed by atoms with Gasteiger partial charge >= 0.3 is 0 Å². The summed E-state index contributed by atoms with van der Waals surface area (Å²) in [6.07, 6.45) is 7.52.